The topological polar surface area (TPSA) is 67.6 Å². The Balaban J connectivity index is 1.68. The van der Waals surface area contributed by atoms with E-state index in [0.717, 1.165) is 24.5 Å². The summed E-state index contributed by atoms with van der Waals surface area (Å²) in [6.45, 7) is 3.41. The van der Waals surface area contributed by atoms with E-state index >= 15 is 0 Å². The van der Waals surface area contributed by atoms with Gasteiger partial charge in [-0.05, 0) is 34.1 Å². The summed E-state index contributed by atoms with van der Waals surface area (Å²) in [5, 5.41) is 2.86. The zero-order chi connectivity index (χ0) is 15.4. The number of hydrogen-bond acceptors (Lipinski definition) is 5. The standard InChI is InChI=1S/C15H16BrN3O3/c16-13-4-3-12(22-13)15(20)18-10-11-2-1-5-17-14(11)19-6-8-21-9-7-19/h1-5H,6-10H2,(H,18,20). The van der Waals surface area contributed by atoms with Crippen LogP contribution in [0.3, 0.4) is 0 Å². The van der Waals surface area contributed by atoms with E-state index in [9.17, 15) is 4.79 Å². The Kier molecular flexibility index (Phi) is 4.74. The third-order valence-electron chi connectivity index (χ3n) is 3.41. The molecule has 3 heterocycles. The molecule has 0 aromatic carbocycles. The molecule has 0 atom stereocenters. The minimum Gasteiger partial charge on any atom is -0.444 e. The van der Waals surface area contributed by atoms with E-state index < -0.39 is 0 Å². The second kappa shape index (κ2) is 6.93. The molecule has 0 spiro atoms. The number of nitrogens with zero attached hydrogens (tertiary/aromatic N) is 2. The van der Waals surface area contributed by atoms with Crippen molar-refractivity contribution in [2.45, 2.75) is 6.54 Å². The number of carbonyl (C=O) groups is 1. The zero-order valence-corrected chi connectivity index (χ0v) is 13.5. The van der Waals surface area contributed by atoms with Crippen molar-refractivity contribution in [1.29, 1.82) is 0 Å². The SMILES string of the molecule is O=C(NCc1cccnc1N1CCOCC1)c1ccc(Br)o1. The summed E-state index contributed by atoms with van der Waals surface area (Å²) in [6.07, 6.45) is 1.76. The lowest BCUT2D eigenvalue weighted by Gasteiger charge is -2.29. The van der Waals surface area contributed by atoms with Gasteiger partial charge in [0.15, 0.2) is 10.4 Å². The van der Waals surface area contributed by atoms with Crippen LogP contribution in [-0.2, 0) is 11.3 Å². The number of amides is 1. The third-order valence-corrected chi connectivity index (χ3v) is 3.84. The Morgan fingerprint density at radius 3 is 2.86 bits per heavy atom. The molecule has 7 heteroatoms. The van der Waals surface area contributed by atoms with Gasteiger partial charge in [0.05, 0.1) is 13.2 Å². The Labute approximate surface area is 136 Å². The number of nitrogens with one attached hydrogen (secondary N) is 1. The van der Waals surface area contributed by atoms with Crippen LogP contribution in [0, 0.1) is 0 Å². The minimum absolute atomic E-state index is 0.248. The van der Waals surface area contributed by atoms with Gasteiger partial charge in [-0.25, -0.2) is 4.98 Å². The Hall–Kier alpha value is -1.86. The lowest BCUT2D eigenvalue weighted by molar-refractivity contribution is 0.0921. The fourth-order valence-electron chi connectivity index (χ4n) is 2.33. The molecule has 0 radical (unpaired) electrons. The predicted octanol–water partition coefficient (Wildman–Crippen LogP) is 2.20. The van der Waals surface area contributed by atoms with Gasteiger partial charge in [-0.2, -0.15) is 0 Å². The largest absolute Gasteiger partial charge is 0.444 e. The number of halogens is 1. The molecular formula is C15H16BrN3O3. The van der Waals surface area contributed by atoms with Crippen LogP contribution in [-0.4, -0.2) is 37.2 Å². The van der Waals surface area contributed by atoms with Gasteiger partial charge in [0.25, 0.3) is 5.91 Å². The van der Waals surface area contributed by atoms with Gasteiger partial charge < -0.3 is 19.4 Å². The fourth-order valence-corrected chi connectivity index (χ4v) is 2.63. The van der Waals surface area contributed by atoms with Crippen molar-refractivity contribution in [2.75, 3.05) is 31.2 Å². The molecule has 1 saturated heterocycles. The summed E-state index contributed by atoms with van der Waals surface area (Å²) in [7, 11) is 0. The number of hydrogen-bond donors (Lipinski definition) is 1. The van der Waals surface area contributed by atoms with E-state index in [4.69, 9.17) is 9.15 Å². The lowest BCUT2D eigenvalue weighted by atomic mass is 10.2. The number of anilines is 1. The molecule has 1 amide bonds. The summed E-state index contributed by atoms with van der Waals surface area (Å²) >= 11 is 3.18. The second-order valence-corrected chi connectivity index (χ2v) is 5.65. The van der Waals surface area contributed by atoms with E-state index in [1.807, 2.05) is 12.1 Å². The first-order chi connectivity index (χ1) is 10.7. The van der Waals surface area contributed by atoms with E-state index in [1.54, 1.807) is 18.3 Å². The molecule has 2 aromatic rings. The van der Waals surface area contributed by atoms with Gasteiger partial charge >= 0.3 is 0 Å². The zero-order valence-electron chi connectivity index (χ0n) is 11.9. The molecule has 116 valence electrons. The highest BCUT2D eigenvalue weighted by Gasteiger charge is 2.17. The first kappa shape index (κ1) is 15.1. The maximum atomic E-state index is 12.0. The summed E-state index contributed by atoms with van der Waals surface area (Å²) in [6, 6.07) is 7.16. The molecule has 22 heavy (non-hydrogen) atoms. The Morgan fingerprint density at radius 2 is 2.14 bits per heavy atom. The number of rotatable bonds is 4. The molecule has 1 aliphatic heterocycles. The number of morpholine rings is 1. The highest BCUT2D eigenvalue weighted by molar-refractivity contribution is 9.10. The van der Waals surface area contributed by atoms with Crippen molar-refractivity contribution in [1.82, 2.24) is 10.3 Å². The van der Waals surface area contributed by atoms with Crippen LogP contribution in [0.1, 0.15) is 16.1 Å². The number of ether oxygens (including phenoxy) is 1. The van der Waals surface area contributed by atoms with Crippen molar-refractivity contribution < 1.29 is 13.9 Å². The van der Waals surface area contributed by atoms with Crippen LogP contribution in [0.5, 0.6) is 0 Å². The van der Waals surface area contributed by atoms with Crippen LogP contribution in [0.4, 0.5) is 5.82 Å². The van der Waals surface area contributed by atoms with Gasteiger partial charge in [0.1, 0.15) is 5.82 Å². The molecule has 0 unspecified atom stereocenters. The Bertz CT molecular complexity index is 653. The van der Waals surface area contributed by atoms with Gasteiger partial charge in [0.2, 0.25) is 0 Å². The summed E-state index contributed by atoms with van der Waals surface area (Å²) in [5.74, 6) is 0.929. The quantitative estimate of drug-likeness (QED) is 0.899. The van der Waals surface area contributed by atoms with Crippen LogP contribution in [0.15, 0.2) is 39.5 Å². The molecule has 0 bridgehead atoms. The van der Waals surface area contributed by atoms with Crippen LogP contribution >= 0.6 is 15.9 Å². The van der Waals surface area contributed by atoms with Crippen LogP contribution < -0.4 is 10.2 Å². The van der Waals surface area contributed by atoms with Crippen molar-refractivity contribution >= 4 is 27.7 Å². The molecule has 2 aromatic heterocycles. The summed E-state index contributed by atoms with van der Waals surface area (Å²) < 4.78 is 11.1. The maximum absolute atomic E-state index is 12.0. The molecule has 1 N–H and O–H groups in total. The molecule has 1 aliphatic rings. The smallest absolute Gasteiger partial charge is 0.287 e. The van der Waals surface area contributed by atoms with Crippen molar-refractivity contribution in [3.8, 4) is 0 Å². The molecule has 0 aliphatic carbocycles. The average Bonchev–Trinajstić information content (AvgIpc) is 3.00. The van der Waals surface area contributed by atoms with Crippen molar-refractivity contribution in [2.24, 2.45) is 0 Å². The van der Waals surface area contributed by atoms with E-state index in [-0.39, 0.29) is 11.7 Å². The van der Waals surface area contributed by atoms with Gasteiger partial charge in [-0.1, -0.05) is 6.07 Å². The minimum atomic E-state index is -0.248. The second-order valence-electron chi connectivity index (χ2n) is 4.87. The fraction of sp³-hybridized carbons (Fsp3) is 0.333. The highest BCUT2D eigenvalue weighted by atomic mass is 79.9. The number of carbonyl (C=O) groups excluding carboxylic acids is 1. The lowest BCUT2D eigenvalue weighted by Crippen LogP contribution is -2.37. The highest BCUT2D eigenvalue weighted by Crippen LogP contribution is 2.19. The van der Waals surface area contributed by atoms with Gasteiger partial charge in [-0.3, -0.25) is 4.79 Å². The Morgan fingerprint density at radius 1 is 1.32 bits per heavy atom. The number of aromatic nitrogens is 1. The third kappa shape index (κ3) is 3.48. The summed E-state index contributed by atoms with van der Waals surface area (Å²) in [5.41, 5.74) is 0.975. The van der Waals surface area contributed by atoms with Crippen molar-refractivity contribution in [3.63, 3.8) is 0 Å². The van der Waals surface area contributed by atoms with Gasteiger partial charge in [0, 0.05) is 31.4 Å². The molecule has 0 saturated carbocycles. The van der Waals surface area contributed by atoms with E-state index in [2.05, 4.69) is 31.1 Å². The first-order valence-corrected chi connectivity index (χ1v) is 7.83. The predicted molar refractivity (Wildman–Crippen MR) is 84.8 cm³/mol. The first-order valence-electron chi connectivity index (χ1n) is 7.04. The average molecular weight is 366 g/mol. The van der Waals surface area contributed by atoms with Gasteiger partial charge in [-0.15, -0.1) is 0 Å². The number of furan rings is 1. The van der Waals surface area contributed by atoms with E-state index in [0.29, 0.717) is 24.4 Å². The van der Waals surface area contributed by atoms with Crippen molar-refractivity contribution in [3.05, 3.63) is 46.5 Å². The summed E-state index contributed by atoms with van der Waals surface area (Å²) in [4.78, 5) is 18.7. The normalized spacial score (nSPS) is 14.9. The maximum Gasteiger partial charge on any atom is 0.287 e. The molecule has 1 fully saturated rings. The van der Waals surface area contributed by atoms with Crippen LogP contribution in [0.2, 0.25) is 0 Å². The molecule has 6 nitrogen and oxygen atoms in total. The monoisotopic (exact) mass is 365 g/mol. The number of pyridine rings is 1. The van der Waals surface area contributed by atoms with E-state index in [1.165, 1.54) is 0 Å². The molecular weight excluding hydrogens is 350 g/mol. The molecule has 3 rings (SSSR count). The van der Waals surface area contributed by atoms with Crippen LogP contribution in [0.25, 0.3) is 0 Å².